The molecule has 1 aromatic heterocycles. The van der Waals surface area contributed by atoms with Gasteiger partial charge in [0.2, 0.25) is 5.91 Å². The number of para-hydroxylation sites is 1. The maximum atomic E-state index is 11.9. The van der Waals surface area contributed by atoms with Gasteiger partial charge in [-0.05, 0) is 29.3 Å². The van der Waals surface area contributed by atoms with Crippen molar-refractivity contribution in [3.63, 3.8) is 0 Å². The number of hydrogen-bond donors (Lipinski definition) is 2. The third kappa shape index (κ3) is 3.67. The second kappa shape index (κ2) is 8.15. The Labute approximate surface area is 186 Å². The number of allylic oxidation sites excluding steroid dienone is 4. The van der Waals surface area contributed by atoms with Gasteiger partial charge in [-0.1, -0.05) is 66.8 Å². The van der Waals surface area contributed by atoms with Crippen molar-refractivity contribution in [2.75, 3.05) is 5.73 Å². The topological polar surface area (TPSA) is 85.3 Å². The number of nitrogen functional groups attached to an aromatic ring is 1. The molecule has 0 saturated heterocycles. The van der Waals surface area contributed by atoms with E-state index in [1.54, 1.807) is 10.9 Å². The quantitative estimate of drug-likeness (QED) is 0.648. The molecule has 0 spiro atoms. The Hall–Kier alpha value is -4.19. The predicted octanol–water partition coefficient (Wildman–Crippen LogP) is 4.54. The van der Waals surface area contributed by atoms with Crippen molar-refractivity contribution in [1.29, 1.82) is 0 Å². The fourth-order valence-corrected chi connectivity index (χ4v) is 4.19. The summed E-state index contributed by atoms with van der Waals surface area (Å²) in [6, 6.07) is 18.0. The lowest BCUT2D eigenvalue weighted by Gasteiger charge is -2.23. The van der Waals surface area contributed by atoms with Gasteiger partial charge in [-0.25, -0.2) is 9.67 Å². The van der Waals surface area contributed by atoms with E-state index in [9.17, 15) is 4.79 Å². The van der Waals surface area contributed by atoms with Crippen molar-refractivity contribution >= 4 is 29.2 Å². The number of aliphatic imine (C=N–C) groups is 1. The van der Waals surface area contributed by atoms with Crippen LogP contribution in [-0.2, 0) is 4.79 Å². The van der Waals surface area contributed by atoms with Crippen LogP contribution in [0.2, 0.25) is 0 Å². The van der Waals surface area contributed by atoms with Crippen LogP contribution in [0, 0.1) is 5.92 Å². The molecule has 0 radical (unpaired) electrons. The first-order valence-corrected chi connectivity index (χ1v) is 10.5. The normalized spacial score (nSPS) is 20.3. The molecular weight excluding hydrogens is 398 g/mol. The Morgan fingerprint density at radius 1 is 1.06 bits per heavy atom. The molecule has 0 fully saturated rings. The van der Waals surface area contributed by atoms with Gasteiger partial charge in [-0.3, -0.25) is 4.79 Å². The van der Waals surface area contributed by atoms with Crippen molar-refractivity contribution in [1.82, 2.24) is 15.1 Å². The van der Waals surface area contributed by atoms with Gasteiger partial charge in [0.1, 0.15) is 5.69 Å². The molecule has 1 heterocycles. The summed E-state index contributed by atoms with van der Waals surface area (Å²) < 4.78 is 1.65. The van der Waals surface area contributed by atoms with Gasteiger partial charge in [0.05, 0.1) is 23.3 Å². The molecule has 5 rings (SSSR count). The number of nitrogens with zero attached hydrogens (tertiary/aromatic N) is 3. The lowest BCUT2D eigenvalue weighted by atomic mass is 9.84. The summed E-state index contributed by atoms with van der Waals surface area (Å²) in [6.07, 6.45) is 12.1. The van der Waals surface area contributed by atoms with Gasteiger partial charge < -0.3 is 11.1 Å². The fourth-order valence-electron chi connectivity index (χ4n) is 4.19. The van der Waals surface area contributed by atoms with Crippen LogP contribution in [0.25, 0.3) is 11.8 Å². The zero-order valence-electron chi connectivity index (χ0n) is 17.6. The monoisotopic (exact) mass is 421 g/mol. The van der Waals surface area contributed by atoms with Crippen molar-refractivity contribution in [3.8, 4) is 5.69 Å². The van der Waals surface area contributed by atoms with Gasteiger partial charge in [-0.15, -0.1) is 0 Å². The van der Waals surface area contributed by atoms with Gasteiger partial charge in [0.25, 0.3) is 0 Å². The first kappa shape index (κ1) is 19.8. The van der Waals surface area contributed by atoms with E-state index in [0.717, 1.165) is 5.69 Å². The highest BCUT2D eigenvalue weighted by Gasteiger charge is 2.26. The van der Waals surface area contributed by atoms with E-state index in [1.165, 1.54) is 18.1 Å². The zero-order valence-corrected chi connectivity index (χ0v) is 17.6. The number of aromatic nitrogens is 2. The van der Waals surface area contributed by atoms with Gasteiger partial charge in [0, 0.05) is 18.8 Å². The van der Waals surface area contributed by atoms with E-state index in [1.807, 2.05) is 42.5 Å². The molecule has 158 valence electrons. The number of nitrogens with two attached hydrogens (primary N) is 1. The second-order valence-electron chi connectivity index (χ2n) is 7.87. The Morgan fingerprint density at radius 3 is 2.66 bits per heavy atom. The molecule has 6 nitrogen and oxygen atoms in total. The molecule has 6 heteroatoms. The molecule has 2 aromatic carbocycles. The van der Waals surface area contributed by atoms with E-state index in [2.05, 4.69) is 52.9 Å². The highest BCUT2D eigenvalue weighted by Crippen LogP contribution is 2.38. The van der Waals surface area contributed by atoms with Crippen LogP contribution < -0.4 is 11.1 Å². The minimum absolute atomic E-state index is 0.111. The first-order valence-electron chi connectivity index (χ1n) is 10.5. The molecule has 0 bridgehead atoms. The number of nitrogens with one attached hydrogen (secondary N) is 1. The Balaban J connectivity index is 1.48. The molecule has 1 amide bonds. The minimum atomic E-state index is -0.145. The van der Waals surface area contributed by atoms with E-state index >= 15 is 0 Å². The molecule has 0 saturated carbocycles. The largest absolute Gasteiger partial charge is 0.382 e. The SMILES string of the molecule is CC(=O)NC1=CC(C2C=Cc3ccccc32)C=CC1=Nc1cnn(-c2ccccc2)c1N. The molecule has 2 aliphatic rings. The number of benzene rings is 2. The number of carbonyl (C=O) groups excluding carboxylic acids is 1. The van der Waals surface area contributed by atoms with Crippen molar-refractivity contribution in [2.45, 2.75) is 12.8 Å². The van der Waals surface area contributed by atoms with Crippen LogP contribution in [0.1, 0.15) is 24.0 Å². The van der Waals surface area contributed by atoms with Crippen molar-refractivity contribution in [2.24, 2.45) is 10.9 Å². The molecule has 2 atom stereocenters. The van der Waals surface area contributed by atoms with Crippen LogP contribution in [0.4, 0.5) is 11.5 Å². The fraction of sp³-hybridized carbons (Fsp3) is 0.115. The van der Waals surface area contributed by atoms with Gasteiger partial charge in [-0.2, -0.15) is 5.10 Å². The van der Waals surface area contributed by atoms with Crippen LogP contribution >= 0.6 is 0 Å². The number of amides is 1. The third-order valence-electron chi connectivity index (χ3n) is 5.70. The molecular formula is C26H23N5O. The standard InChI is InChI=1S/C26H23N5O/c1-17(32)29-24-15-19(22-13-11-18-7-5-6-10-21(18)22)12-14-23(24)30-25-16-28-31(26(25)27)20-8-3-2-4-9-20/h2-16,19,22H,27H2,1H3,(H,29,32). The summed E-state index contributed by atoms with van der Waals surface area (Å²) in [5.41, 5.74) is 11.6. The summed E-state index contributed by atoms with van der Waals surface area (Å²) in [5, 5.41) is 7.32. The van der Waals surface area contributed by atoms with E-state index in [0.29, 0.717) is 22.9 Å². The smallest absolute Gasteiger partial charge is 0.221 e. The summed E-state index contributed by atoms with van der Waals surface area (Å²) in [4.78, 5) is 16.6. The van der Waals surface area contributed by atoms with E-state index < -0.39 is 0 Å². The molecule has 3 aromatic rings. The van der Waals surface area contributed by atoms with E-state index in [4.69, 9.17) is 10.7 Å². The summed E-state index contributed by atoms with van der Waals surface area (Å²) in [7, 11) is 0. The minimum Gasteiger partial charge on any atom is -0.382 e. The van der Waals surface area contributed by atoms with Crippen LogP contribution in [0.3, 0.4) is 0 Å². The molecule has 0 aliphatic heterocycles. The number of carbonyl (C=O) groups is 1. The lowest BCUT2D eigenvalue weighted by molar-refractivity contribution is -0.118. The zero-order chi connectivity index (χ0) is 22.1. The summed E-state index contributed by atoms with van der Waals surface area (Å²) >= 11 is 0. The van der Waals surface area contributed by atoms with Crippen LogP contribution in [0.15, 0.2) is 95.8 Å². The summed E-state index contributed by atoms with van der Waals surface area (Å²) in [5.74, 6) is 0.626. The highest BCUT2D eigenvalue weighted by molar-refractivity contribution is 6.12. The molecule has 3 N–H and O–H groups in total. The highest BCUT2D eigenvalue weighted by atomic mass is 16.1. The second-order valence-corrected chi connectivity index (χ2v) is 7.87. The average molecular weight is 422 g/mol. The maximum Gasteiger partial charge on any atom is 0.221 e. The third-order valence-corrected chi connectivity index (χ3v) is 5.70. The maximum absolute atomic E-state index is 11.9. The number of rotatable bonds is 4. The Kier molecular flexibility index (Phi) is 5.03. The molecule has 32 heavy (non-hydrogen) atoms. The van der Waals surface area contributed by atoms with Gasteiger partial charge in [0.15, 0.2) is 5.82 Å². The Morgan fingerprint density at radius 2 is 1.84 bits per heavy atom. The Bertz CT molecular complexity index is 1300. The molecule has 2 aliphatic carbocycles. The van der Waals surface area contributed by atoms with Crippen molar-refractivity contribution < 1.29 is 4.79 Å². The summed E-state index contributed by atoms with van der Waals surface area (Å²) in [6.45, 7) is 1.50. The van der Waals surface area contributed by atoms with Crippen LogP contribution in [-0.4, -0.2) is 21.4 Å². The van der Waals surface area contributed by atoms with Crippen molar-refractivity contribution in [3.05, 3.63) is 102 Å². The van der Waals surface area contributed by atoms with Gasteiger partial charge >= 0.3 is 0 Å². The predicted molar refractivity (Wildman–Crippen MR) is 128 cm³/mol. The van der Waals surface area contributed by atoms with Crippen LogP contribution in [0.5, 0.6) is 0 Å². The average Bonchev–Trinajstić information content (AvgIpc) is 3.39. The first-order chi connectivity index (χ1) is 15.6. The van der Waals surface area contributed by atoms with E-state index in [-0.39, 0.29) is 17.7 Å². The lowest BCUT2D eigenvalue weighted by Crippen LogP contribution is -2.27. The number of hydrogen-bond acceptors (Lipinski definition) is 4. The number of anilines is 1. The number of fused-ring (bicyclic) bond motifs is 1. The molecule has 2 unspecified atom stereocenters.